The van der Waals surface area contributed by atoms with Crippen LogP contribution in [0.3, 0.4) is 0 Å². The molecule has 0 bridgehead atoms. The van der Waals surface area contributed by atoms with Gasteiger partial charge < -0.3 is 13.7 Å². The van der Waals surface area contributed by atoms with Crippen LogP contribution in [0.5, 0.6) is 0 Å². The topological polar surface area (TPSA) is 29.5 Å². The molecule has 258 valence electrons. The number of nitrogens with zero attached hydrogens (tertiary/aromatic N) is 1. The molecule has 9 aromatic carbocycles. The number of rotatable bonds is 6. The summed E-state index contributed by atoms with van der Waals surface area (Å²) in [5, 5.41) is 6.91. The molecule has 3 heteroatoms. The van der Waals surface area contributed by atoms with Gasteiger partial charge in [0.05, 0.1) is 0 Å². The molecule has 11 aromatic rings. The summed E-state index contributed by atoms with van der Waals surface area (Å²) in [5.74, 6) is 0. The van der Waals surface area contributed by atoms with E-state index < -0.39 is 0 Å². The van der Waals surface area contributed by atoms with Crippen LogP contribution < -0.4 is 4.90 Å². The zero-order chi connectivity index (χ0) is 36.3. The van der Waals surface area contributed by atoms with E-state index in [2.05, 4.69) is 187 Å². The number of fused-ring (bicyclic) bond motifs is 8. The molecule has 0 spiro atoms. The van der Waals surface area contributed by atoms with Crippen molar-refractivity contribution >= 4 is 71.7 Å². The third-order valence-corrected chi connectivity index (χ3v) is 10.9. The Morgan fingerprint density at radius 1 is 0.273 bits per heavy atom. The van der Waals surface area contributed by atoms with Crippen molar-refractivity contribution in [3.8, 4) is 33.4 Å². The van der Waals surface area contributed by atoms with Crippen LogP contribution in [0, 0.1) is 0 Å². The molecule has 0 unspecified atom stereocenters. The Morgan fingerprint density at radius 3 is 1.55 bits per heavy atom. The number of benzene rings is 9. The Bertz CT molecular complexity index is 3180. The summed E-state index contributed by atoms with van der Waals surface area (Å²) in [7, 11) is 0. The van der Waals surface area contributed by atoms with Crippen LogP contribution in [0.15, 0.2) is 209 Å². The predicted octanol–water partition coefficient (Wildman–Crippen LogP) is 15.1. The van der Waals surface area contributed by atoms with Crippen LogP contribution in [0.25, 0.3) is 88.0 Å². The smallest absolute Gasteiger partial charge is 0.137 e. The molecule has 0 aliphatic rings. The molecule has 55 heavy (non-hydrogen) atoms. The van der Waals surface area contributed by atoms with E-state index in [1.165, 1.54) is 33.0 Å². The highest BCUT2D eigenvalue weighted by Crippen LogP contribution is 2.44. The first kappa shape index (κ1) is 31.2. The maximum Gasteiger partial charge on any atom is 0.137 e. The highest BCUT2D eigenvalue weighted by atomic mass is 16.3. The van der Waals surface area contributed by atoms with E-state index in [-0.39, 0.29) is 0 Å². The summed E-state index contributed by atoms with van der Waals surface area (Å²) in [5.41, 5.74) is 13.6. The third kappa shape index (κ3) is 5.20. The number of hydrogen-bond acceptors (Lipinski definition) is 3. The molecule has 0 N–H and O–H groups in total. The summed E-state index contributed by atoms with van der Waals surface area (Å²) >= 11 is 0. The molecule has 0 saturated carbocycles. The van der Waals surface area contributed by atoms with Crippen molar-refractivity contribution in [2.75, 3.05) is 4.90 Å². The van der Waals surface area contributed by atoms with Crippen molar-refractivity contribution in [1.29, 1.82) is 0 Å². The molecule has 2 heterocycles. The van der Waals surface area contributed by atoms with Gasteiger partial charge in [-0.2, -0.15) is 0 Å². The first-order valence-corrected chi connectivity index (χ1v) is 18.7. The Hall–Kier alpha value is -7.36. The second-order valence-electron chi connectivity index (χ2n) is 14.1. The lowest BCUT2D eigenvalue weighted by Gasteiger charge is -2.26. The Kier molecular flexibility index (Phi) is 7.17. The quantitative estimate of drug-likeness (QED) is 0.173. The van der Waals surface area contributed by atoms with Crippen LogP contribution in [0.1, 0.15) is 0 Å². The number of para-hydroxylation sites is 1. The van der Waals surface area contributed by atoms with Crippen molar-refractivity contribution in [3.63, 3.8) is 0 Å². The second kappa shape index (κ2) is 12.6. The minimum absolute atomic E-state index is 0.851. The fourth-order valence-electron chi connectivity index (χ4n) is 8.31. The van der Waals surface area contributed by atoms with E-state index in [4.69, 9.17) is 8.83 Å². The van der Waals surface area contributed by atoms with Gasteiger partial charge in [0.25, 0.3) is 0 Å². The van der Waals surface area contributed by atoms with Gasteiger partial charge in [0.1, 0.15) is 22.3 Å². The predicted molar refractivity (Wildman–Crippen MR) is 229 cm³/mol. The first-order valence-electron chi connectivity index (χ1n) is 18.7. The summed E-state index contributed by atoms with van der Waals surface area (Å²) < 4.78 is 13.0. The lowest BCUT2D eigenvalue weighted by atomic mass is 9.95. The van der Waals surface area contributed by atoms with E-state index in [1.807, 2.05) is 18.2 Å². The van der Waals surface area contributed by atoms with Gasteiger partial charge >= 0.3 is 0 Å². The van der Waals surface area contributed by atoms with Crippen LogP contribution in [-0.2, 0) is 0 Å². The standard InChI is InChI=1S/C52H33NO2/c1-3-12-34(13-4-1)35-22-26-38(27-23-35)53(39-28-24-37(25-29-39)41-19-11-21-48-51(41)44-18-9-10-20-47(44)54-48)40-30-31-45-49(32-40)55-50-33-46(36-14-5-2-6-15-36)42-16-7-8-17-43(42)52(45)50/h1-33H. The Labute approximate surface area is 317 Å². The SMILES string of the molecule is c1ccc(-c2ccc(N(c3ccc(-c4cccc5oc6ccccc6c45)cc3)c3ccc4c(c3)oc3cc(-c5ccccc5)c5ccccc5c34)cc2)cc1. The van der Waals surface area contributed by atoms with Gasteiger partial charge in [0, 0.05) is 44.7 Å². The van der Waals surface area contributed by atoms with Gasteiger partial charge in [-0.3, -0.25) is 0 Å². The number of anilines is 3. The van der Waals surface area contributed by atoms with Crippen molar-refractivity contribution in [2.24, 2.45) is 0 Å². The van der Waals surface area contributed by atoms with Gasteiger partial charge in [-0.1, -0.05) is 140 Å². The summed E-state index contributed by atoms with van der Waals surface area (Å²) in [4.78, 5) is 2.31. The third-order valence-electron chi connectivity index (χ3n) is 10.9. The molecule has 0 radical (unpaired) electrons. The number of hydrogen-bond donors (Lipinski definition) is 0. The summed E-state index contributed by atoms with van der Waals surface area (Å²) in [6, 6.07) is 70.8. The fraction of sp³-hybridized carbons (Fsp3) is 0. The second-order valence-corrected chi connectivity index (χ2v) is 14.1. The van der Waals surface area contributed by atoms with Crippen LogP contribution >= 0.6 is 0 Å². The highest BCUT2D eigenvalue weighted by molar-refractivity contribution is 6.22. The summed E-state index contributed by atoms with van der Waals surface area (Å²) in [6.45, 7) is 0. The Morgan fingerprint density at radius 2 is 0.800 bits per heavy atom. The van der Waals surface area contributed by atoms with Crippen LogP contribution in [0.2, 0.25) is 0 Å². The monoisotopic (exact) mass is 703 g/mol. The normalized spacial score (nSPS) is 11.6. The average Bonchev–Trinajstić information content (AvgIpc) is 3.83. The van der Waals surface area contributed by atoms with E-state index in [0.29, 0.717) is 0 Å². The first-order chi connectivity index (χ1) is 27.3. The zero-order valence-electron chi connectivity index (χ0n) is 29.8. The van der Waals surface area contributed by atoms with Crippen LogP contribution in [-0.4, -0.2) is 0 Å². The minimum atomic E-state index is 0.851. The van der Waals surface area contributed by atoms with Gasteiger partial charge in [0.15, 0.2) is 0 Å². The van der Waals surface area contributed by atoms with Gasteiger partial charge in [0.2, 0.25) is 0 Å². The molecule has 11 rings (SSSR count). The maximum absolute atomic E-state index is 6.77. The minimum Gasteiger partial charge on any atom is -0.456 e. The molecular weight excluding hydrogens is 671 g/mol. The molecule has 0 amide bonds. The lowest BCUT2D eigenvalue weighted by molar-refractivity contribution is 0.669. The van der Waals surface area contributed by atoms with Crippen molar-refractivity contribution in [2.45, 2.75) is 0 Å². The molecular formula is C52H33NO2. The Balaban J connectivity index is 1.06. The van der Waals surface area contributed by atoms with E-state index in [0.717, 1.165) is 72.1 Å². The van der Waals surface area contributed by atoms with Gasteiger partial charge in [-0.15, -0.1) is 0 Å². The van der Waals surface area contributed by atoms with Crippen molar-refractivity contribution in [3.05, 3.63) is 200 Å². The maximum atomic E-state index is 6.77. The fourth-order valence-corrected chi connectivity index (χ4v) is 8.31. The van der Waals surface area contributed by atoms with E-state index in [9.17, 15) is 0 Å². The van der Waals surface area contributed by atoms with Gasteiger partial charge in [-0.05, 0) is 98.8 Å². The van der Waals surface area contributed by atoms with E-state index >= 15 is 0 Å². The van der Waals surface area contributed by atoms with E-state index in [1.54, 1.807) is 0 Å². The highest BCUT2D eigenvalue weighted by Gasteiger charge is 2.19. The molecule has 0 aliphatic heterocycles. The van der Waals surface area contributed by atoms with Gasteiger partial charge in [-0.25, -0.2) is 0 Å². The molecule has 0 aliphatic carbocycles. The van der Waals surface area contributed by atoms with Crippen molar-refractivity contribution in [1.82, 2.24) is 0 Å². The molecule has 0 saturated heterocycles. The zero-order valence-corrected chi connectivity index (χ0v) is 29.8. The summed E-state index contributed by atoms with van der Waals surface area (Å²) in [6.07, 6.45) is 0. The van der Waals surface area contributed by atoms with Crippen molar-refractivity contribution < 1.29 is 8.83 Å². The lowest BCUT2D eigenvalue weighted by Crippen LogP contribution is -2.09. The largest absolute Gasteiger partial charge is 0.456 e. The average molecular weight is 704 g/mol. The molecule has 0 atom stereocenters. The molecule has 2 aromatic heterocycles. The molecule has 0 fully saturated rings. The van der Waals surface area contributed by atoms with Crippen LogP contribution in [0.4, 0.5) is 17.1 Å². The number of furan rings is 2. The molecule has 3 nitrogen and oxygen atoms in total.